The van der Waals surface area contributed by atoms with Crippen molar-refractivity contribution in [2.75, 3.05) is 52.4 Å². The van der Waals surface area contributed by atoms with Crippen LogP contribution < -0.4 is 16.0 Å². The molecule has 0 unspecified atom stereocenters. The highest BCUT2D eigenvalue weighted by molar-refractivity contribution is 6.67. The van der Waals surface area contributed by atoms with Crippen LogP contribution in [-0.4, -0.2) is 62.5 Å². The lowest BCUT2D eigenvalue weighted by atomic mass is 10.1. The number of benzene rings is 1. The largest absolute Gasteiger partial charge is 0.315 e. The van der Waals surface area contributed by atoms with Crippen LogP contribution in [0.5, 0.6) is 0 Å². The van der Waals surface area contributed by atoms with Gasteiger partial charge in [-0.05, 0) is 68.3 Å². The maximum atomic E-state index is 11.1. The second-order valence-electron chi connectivity index (χ2n) is 6.20. The minimum Gasteiger partial charge on any atom is -0.315 e. The zero-order valence-electron chi connectivity index (χ0n) is 14.3. The van der Waals surface area contributed by atoms with E-state index < -0.39 is 5.24 Å². The minimum atomic E-state index is -0.399. The van der Waals surface area contributed by atoms with Crippen LogP contribution in [0, 0.1) is 0 Å². The summed E-state index contributed by atoms with van der Waals surface area (Å²) in [5, 5.41) is 10.1. The lowest BCUT2D eigenvalue weighted by Gasteiger charge is -2.23. The van der Waals surface area contributed by atoms with Crippen LogP contribution in [0.25, 0.3) is 0 Å². The molecule has 2 rings (SSSR count). The predicted molar refractivity (Wildman–Crippen MR) is 99.7 cm³/mol. The third-order valence-corrected chi connectivity index (χ3v) is 4.42. The first-order chi connectivity index (χ1) is 11.8. The standard InChI is InChI=1S/C18H29ClN4O/c19-18(24)17-5-3-16(4-6-17)15-23-13-2-9-21-11-10-20-7-1-8-22-12-14-23/h3-6,20-22H,1-2,7-15H2. The van der Waals surface area contributed by atoms with Crippen LogP contribution in [-0.2, 0) is 6.54 Å². The SMILES string of the molecule is O=C(Cl)c1ccc(CN2CCCNCCNCCCNCC2)cc1. The highest BCUT2D eigenvalue weighted by atomic mass is 35.5. The molecular formula is C18H29ClN4O. The van der Waals surface area contributed by atoms with E-state index in [1.165, 1.54) is 5.56 Å². The second kappa shape index (κ2) is 11.6. The Morgan fingerprint density at radius 1 is 0.875 bits per heavy atom. The molecule has 1 aliphatic heterocycles. The summed E-state index contributed by atoms with van der Waals surface area (Å²) in [6, 6.07) is 7.61. The molecule has 1 aromatic rings. The summed E-state index contributed by atoms with van der Waals surface area (Å²) in [6.07, 6.45) is 2.30. The summed E-state index contributed by atoms with van der Waals surface area (Å²) < 4.78 is 0. The van der Waals surface area contributed by atoms with Crippen LogP contribution in [0.15, 0.2) is 24.3 Å². The number of carbonyl (C=O) groups excluding carboxylic acids is 1. The molecule has 0 spiro atoms. The first-order valence-corrected chi connectivity index (χ1v) is 9.27. The van der Waals surface area contributed by atoms with E-state index in [9.17, 15) is 4.79 Å². The second-order valence-corrected chi connectivity index (χ2v) is 6.55. The van der Waals surface area contributed by atoms with Crippen LogP contribution in [0.2, 0.25) is 0 Å². The molecule has 3 N–H and O–H groups in total. The van der Waals surface area contributed by atoms with Gasteiger partial charge in [-0.25, -0.2) is 0 Å². The van der Waals surface area contributed by atoms with Crippen LogP contribution >= 0.6 is 11.6 Å². The smallest absolute Gasteiger partial charge is 0.252 e. The van der Waals surface area contributed by atoms with E-state index in [0.717, 1.165) is 71.7 Å². The van der Waals surface area contributed by atoms with Gasteiger partial charge in [-0.2, -0.15) is 0 Å². The van der Waals surface area contributed by atoms with Crippen LogP contribution in [0.1, 0.15) is 28.8 Å². The molecule has 134 valence electrons. The van der Waals surface area contributed by atoms with E-state index in [2.05, 4.69) is 20.9 Å². The van der Waals surface area contributed by atoms with Crippen molar-refractivity contribution in [2.24, 2.45) is 0 Å². The van der Waals surface area contributed by atoms with Crippen molar-refractivity contribution in [2.45, 2.75) is 19.4 Å². The molecule has 0 aromatic heterocycles. The number of rotatable bonds is 3. The Morgan fingerprint density at radius 2 is 1.50 bits per heavy atom. The van der Waals surface area contributed by atoms with Crippen molar-refractivity contribution in [1.29, 1.82) is 0 Å². The monoisotopic (exact) mass is 352 g/mol. The molecule has 5 nitrogen and oxygen atoms in total. The van der Waals surface area contributed by atoms with Gasteiger partial charge in [0, 0.05) is 38.3 Å². The molecule has 0 radical (unpaired) electrons. The first kappa shape index (κ1) is 19.3. The topological polar surface area (TPSA) is 56.4 Å². The lowest BCUT2D eigenvalue weighted by Crippen LogP contribution is -2.36. The van der Waals surface area contributed by atoms with Crippen molar-refractivity contribution < 1.29 is 4.79 Å². The number of nitrogens with zero attached hydrogens (tertiary/aromatic N) is 1. The maximum Gasteiger partial charge on any atom is 0.252 e. The van der Waals surface area contributed by atoms with E-state index in [0.29, 0.717) is 5.56 Å². The molecule has 0 atom stereocenters. The molecule has 0 aliphatic carbocycles. The van der Waals surface area contributed by atoms with Gasteiger partial charge < -0.3 is 16.0 Å². The molecule has 1 aromatic carbocycles. The van der Waals surface area contributed by atoms with Crippen molar-refractivity contribution in [1.82, 2.24) is 20.9 Å². The van der Waals surface area contributed by atoms with Crippen LogP contribution in [0.4, 0.5) is 0 Å². The normalized spacial score (nSPS) is 19.5. The molecule has 1 aliphatic rings. The molecule has 1 fully saturated rings. The third kappa shape index (κ3) is 7.73. The average molecular weight is 353 g/mol. The number of hydrogen-bond donors (Lipinski definition) is 3. The average Bonchev–Trinajstić information content (AvgIpc) is 2.58. The van der Waals surface area contributed by atoms with Crippen molar-refractivity contribution >= 4 is 16.8 Å². The van der Waals surface area contributed by atoms with E-state index in [-0.39, 0.29) is 0 Å². The molecule has 0 amide bonds. The Bertz CT molecular complexity index is 466. The fourth-order valence-corrected chi connectivity index (χ4v) is 2.95. The van der Waals surface area contributed by atoms with Crippen LogP contribution in [0.3, 0.4) is 0 Å². The Labute approximate surface area is 150 Å². The van der Waals surface area contributed by atoms with Gasteiger partial charge in [-0.1, -0.05) is 12.1 Å². The van der Waals surface area contributed by atoms with Gasteiger partial charge in [0.25, 0.3) is 5.24 Å². The third-order valence-electron chi connectivity index (χ3n) is 4.21. The molecule has 24 heavy (non-hydrogen) atoms. The fraction of sp³-hybridized carbons (Fsp3) is 0.611. The van der Waals surface area contributed by atoms with Gasteiger partial charge in [-0.15, -0.1) is 0 Å². The molecule has 1 saturated heterocycles. The number of hydrogen-bond acceptors (Lipinski definition) is 5. The van der Waals surface area contributed by atoms with Crippen molar-refractivity contribution in [3.05, 3.63) is 35.4 Å². The lowest BCUT2D eigenvalue weighted by molar-refractivity contribution is 0.108. The molecule has 0 saturated carbocycles. The number of carbonyl (C=O) groups is 1. The highest BCUT2D eigenvalue weighted by Gasteiger charge is 2.07. The summed E-state index contributed by atoms with van der Waals surface area (Å²) in [5.74, 6) is 0. The molecular weight excluding hydrogens is 324 g/mol. The Hall–Kier alpha value is -0.980. The molecule has 6 heteroatoms. The Kier molecular flexibility index (Phi) is 9.31. The zero-order valence-corrected chi connectivity index (χ0v) is 15.1. The Balaban J connectivity index is 1.85. The fourth-order valence-electron chi connectivity index (χ4n) is 2.82. The van der Waals surface area contributed by atoms with Gasteiger partial charge in [0.2, 0.25) is 0 Å². The predicted octanol–water partition coefficient (Wildman–Crippen LogP) is 1.43. The highest BCUT2D eigenvalue weighted by Crippen LogP contribution is 2.10. The summed E-state index contributed by atoms with van der Waals surface area (Å²) in [6.45, 7) is 9.25. The van der Waals surface area contributed by atoms with Gasteiger partial charge >= 0.3 is 0 Å². The molecule has 0 bridgehead atoms. The Morgan fingerprint density at radius 3 is 2.17 bits per heavy atom. The quantitative estimate of drug-likeness (QED) is 0.718. The summed E-state index contributed by atoms with van der Waals surface area (Å²) >= 11 is 5.51. The minimum absolute atomic E-state index is 0.399. The summed E-state index contributed by atoms with van der Waals surface area (Å²) in [7, 11) is 0. The first-order valence-electron chi connectivity index (χ1n) is 8.89. The van der Waals surface area contributed by atoms with E-state index >= 15 is 0 Å². The van der Waals surface area contributed by atoms with E-state index in [1.54, 1.807) is 0 Å². The number of halogens is 1. The number of nitrogens with one attached hydrogen (secondary N) is 3. The van der Waals surface area contributed by atoms with Crippen molar-refractivity contribution in [3.63, 3.8) is 0 Å². The van der Waals surface area contributed by atoms with Gasteiger partial charge in [0.05, 0.1) is 0 Å². The maximum absolute atomic E-state index is 11.1. The van der Waals surface area contributed by atoms with Crippen molar-refractivity contribution in [3.8, 4) is 0 Å². The molecule has 1 heterocycles. The van der Waals surface area contributed by atoms with E-state index in [1.807, 2.05) is 24.3 Å². The summed E-state index contributed by atoms with van der Waals surface area (Å²) in [4.78, 5) is 13.6. The van der Waals surface area contributed by atoms with Gasteiger partial charge in [-0.3, -0.25) is 9.69 Å². The summed E-state index contributed by atoms with van der Waals surface area (Å²) in [5.41, 5.74) is 1.77. The van der Waals surface area contributed by atoms with Gasteiger partial charge in [0.15, 0.2) is 0 Å². The van der Waals surface area contributed by atoms with Gasteiger partial charge in [0.1, 0.15) is 0 Å². The zero-order chi connectivity index (χ0) is 17.0. The van der Waals surface area contributed by atoms with E-state index in [4.69, 9.17) is 11.6 Å².